The number of methoxy groups -OCH3 is 1. The second-order valence-electron chi connectivity index (χ2n) is 6.27. The molecule has 2 amide bonds. The number of nitrogens with zero attached hydrogens (tertiary/aromatic N) is 1. The van der Waals surface area contributed by atoms with Gasteiger partial charge in [-0.2, -0.15) is 0 Å². The molecule has 1 aliphatic heterocycles. The summed E-state index contributed by atoms with van der Waals surface area (Å²) in [5, 5.41) is 2.86. The van der Waals surface area contributed by atoms with Gasteiger partial charge >= 0.3 is 0 Å². The number of ether oxygens (including phenoxy) is 1. The first-order valence-corrected chi connectivity index (χ1v) is 7.06. The molecule has 5 nitrogen and oxygen atoms in total. The number of hydrogen-bond acceptors (Lipinski definition) is 3. The van der Waals surface area contributed by atoms with Crippen LogP contribution in [0.4, 0.5) is 5.69 Å². The average Bonchev–Trinajstić information content (AvgIpc) is 2.53. The molecular weight excluding hydrogens is 268 g/mol. The van der Waals surface area contributed by atoms with Gasteiger partial charge in [0.1, 0.15) is 6.04 Å². The molecule has 0 saturated heterocycles. The van der Waals surface area contributed by atoms with Crippen LogP contribution in [-0.4, -0.2) is 38.1 Å². The third-order valence-electron chi connectivity index (χ3n) is 3.61. The van der Waals surface area contributed by atoms with E-state index in [0.717, 1.165) is 0 Å². The van der Waals surface area contributed by atoms with E-state index in [1.54, 1.807) is 30.2 Å². The van der Waals surface area contributed by atoms with Crippen molar-refractivity contribution in [1.82, 2.24) is 5.32 Å². The predicted molar refractivity (Wildman–Crippen MR) is 81.4 cm³/mol. The number of fused-ring (bicyclic) bond motifs is 1. The molecular formula is C16H22N2O3. The Bertz CT molecular complexity index is 549. The highest BCUT2D eigenvalue weighted by Gasteiger charge is 2.39. The van der Waals surface area contributed by atoms with Gasteiger partial charge in [0, 0.05) is 13.7 Å². The zero-order valence-electron chi connectivity index (χ0n) is 13.0. The summed E-state index contributed by atoms with van der Waals surface area (Å²) in [6, 6.07) is 6.61. The van der Waals surface area contributed by atoms with Crippen molar-refractivity contribution in [2.45, 2.75) is 26.8 Å². The molecule has 0 bridgehead atoms. The van der Waals surface area contributed by atoms with Crippen molar-refractivity contribution in [2.75, 3.05) is 25.2 Å². The van der Waals surface area contributed by atoms with E-state index in [1.807, 2.05) is 26.8 Å². The minimum absolute atomic E-state index is 0.0992. The Morgan fingerprint density at radius 2 is 1.90 bits per heavy atom. The Balaban J connectivity index is 2.49. The molecule has 114 valence electrons. The molecule has 1 aliphatic rings. The Hall–Kier alpha value is -1.88. The SMILES string of the molecule is COCCN1C(=O)C(C(C)(C)C)NC(=O)c2ccccc21. The van der Waals surface area contributed by atoms with Gasteiger partial charge in [-0.1, -0.05) is 32.9 Å². The number of hydrogen-bond donors (Lipinski definition) is 1. The molecule has 1 aromatic rings. The molecule has 5 heteroatoms. The topological polar surface area (TPSA) is 58.6 Å². The van der Waals surface area contributed by atoms with Gasteiger partial charge in [0.05, 0.1) is 17.9 Å². The molecule has 21 heavy (non-hydrogen) atoms. The number of amides is 2. The second kappa shape index (κ2) is 5.85. The van der Waals surface area contributed by atoms with Gasteiger partial charge in [-0.05, 0) is 17.5 Å². The lowest BCUT2D eigenvalue weighted by molar-refractivity contribution is -0.122. The summed E-state index contributed by atoms with van der Waals surface area (Å²) in [5.74, 6) is -0.309. The highest BCUT2D eigenvalue weighted by molar-refractivity contribution is 6.11. The maximum absolute atomic E-state index is 12.9. The van der Waals surface area contributed by atoms with Crippen LogP contribution in [0.3, 0.4) is 0 Å². The summed E-state index contributed by atoms with van der Waals surface area (Å²) in [6.45, 7) is 6.68. The van der Waals surface area contributed by atoms with E-state index in [0.29, 0.717) is 24.4 Å². The van der Waals surface area contributed by atoms with Gasteiger partial charge in [-0.25, -0.2) is 0 Å². The smallest absolute Gasteiger partial charge is 0.254 e. The zero-order chi connectivity index (χ0) is 15.6. The van der Waals surface area contributed by atoms with Crippen LogP contribution < -0.4 is 10.2 Å². The molecule has 2 rings (SSSR count). The average molecular weight is 290 g/mol. The van der Waals surface area contributed by atoms with Crippen LogP contribution >= 0.6 is 0 Å². The van der Waals surface area contributed by atoms with Gasteiger partial charge in [0.15, 0.2) is 0 Å². The van der Waals surface area contributed by atoms with Crippen molar-refractivity contribution in [1.29, 1.82) is 0 Å². The Morgan fingerprint density at radius 3 is 2.52 bits per heavy atom. The second-order valence-corrected chi connectivity index (χ2v) is 6.27. The summed E-state index contributed by atoms with van der Waals surface area (Å²) in [6.07, 6.45) is 0. The number of benzene rings is 1. The number of anilines is 1. The first kappa shape index (κ1) is 15.5. The summed E-state index contributed by atoms with van der Waals surface area (Å²) in [7, 11) is 1.60. The maximum Gasteiger partial charge on any atom is 0.254 e. The number of carbonyl (C=O) groups is 2. The fraction of sp³-hybridized carbons (Fsp3) is 0.500. The normalized spacial score (nSPS) is 19.0. The van der Waals surface area contributed by atoms with Gasteiger partial charge in [-0.3, -0.25) is 9.59 Å². The zero-order valence-corrected chi connectivity index (χ0v) is 13.0. The highest BCUT2D eigenvalue weighted by Crippen LogP contribution is 2.29. The minimum Gasteiger partial charge on any atom is -0.383 e. The molecule has 0 aliphatic carbocycles. The molecule has 1 atom stereocenters. The van der Waals surface area contributed by atoms with Gasteiger partial charge in [0.2, 0.25) is 5.91 Å². The Morgan fingerprint density at radius 1 is 1.24 bits per heavy atom. The summed E-state index contributed by atoms with van der Waals surface area (Å²) in [4.78, 5) is 26.9. The fourth-order valence-corrected chi connectivity index (χ4v) is 2.45. The van der Waals surface area contributed by atoms with Crippen LogP contribution in [0.15, 0.2) is 24.3 Å². The molecule has 1 heterocycles. The van der Waals surface area contributed by atoms with Crippen LogP contribution in [0.1, 0.15) is 31.1 Å². The van der Waals surface area contributed by atoms with E-state index >= 15 is 0 Å². The van der Waals surface area contributed by atoms with Gasteiger partial charge in [0.25, 0.3) is 5.91 Å². The monoisotopic (exact) mass is 290 g/mol. The number of carbonyl (C=O) groups excluding carboxylic acids is 2. The minimum atomic E-state index is -0.561. The van der Waals surface area contributed by atoms with Crippen molar-refractivity contribution in [3.05, 3.63) is 29.8 Å². The van der Waals surface area contributed by atoms with Crippen molar-refractivity contribution in [3.63, 3.8) is 0 Å². The summed E-state index contributed by atoms with van der Waals surface area (Å²) >= 11 is 0. The van der Waals surface area contributed by atoms with Gasteiger partial charge in [-0.15, -0.1) is 0 Å². The lowest BCUT2D eigenvalue weighted by Gasteiger charge is -2.32. The first-order chi connectivity index (χ1) is 9.86. The third kappa shape index (κ3) is 3.08. The van der Waals surface area contributed by atoms with E-state index in [4.69, 9.17) is 4.74 Å². The number of nitrogens with one attached hydrogen (secondary N) is 1. The molecule has 0 saturated carbocycles. The lowest BCUT2D eigenvalue weighted by Crippen LogP contribution is -2.53. The van der Waals surface area contributed by atoms with Crippen molar-refractivity contribution in [3.8, 4) is 0 Å². The molecule has 0 fully saturated rings. The predicted octanol–water partition coefficient (Wildman–Crippen LogP) is 1.82. The standard InChI is InChI=1S/C16H22N2O3/c1-16(2,3)13-15(20)18(9-10-21-4)12-8-6-5-7-11(12)14(19)17-13/h5-8,13H,9-10H2,1-4H3,(H,17,19). The quantitative estimate of drug-likeness (QED) is 0.924. The summed E-state index contributed by atoms with van der Waals surface area (Å²) in [5.41, 5.74) is 0.803. The lowest BCUT2D eigenvalue weighted by atomic mass is 9.86. The van der Waals surface area contributed by atoms with E-state index in [-0.39, 0.29) is 17.2 Å². The fourth-order valence-electron chi connectivity index (χ4n) is 2.45. The van der Waals surface area contributed by atoms with Crippen LogP contribution in [0.2, 0.25) is 0 Å². The van der Waals surface area contributed by atoms with Crippen molar-refractivity contribution >= 4 is 17.5 Å². The third-order valence-corrected chi connectivity index (χ3v) is 3.61. The van der Waals surface area contributed by atoms with E-state index in [9.17, 15) is 9.59 Å². The van der Waals surface area contributed by atoms with E-state index in [1.165, 1.54) is 0 Å². The van der Waals surface area contributed by atoms with E-state index in [2.05, 4.69) is 5.32 Å². The van der Waals surface area contributed by atoms with Crippen LogP contribution in [-0.2, 0) is 9.53 Å². The van der Waals surface area contributed by atoms with Crippen LogP contribution in [0.5, 0.6) is 0 Å². The van der Waals surface area contributed by atoms with Crippen molar-refractivity contribution in [2.24, 2.45) is 5.41 Å². The first-order valence-electron chi connectivity index (χ1n) is 7.06. The van der Waals surface area contributed by atoms with Gasteiger partial charge < -0.3 is 15.0 Å². The van der Waals surface area contributed by atoms with Crippen molar-refractivity contribution < 1.29 is 14.3 Å². The molecule has 1 aromatic carbocycles. The Kier molecular flexibility index (Phi) is 4.32. The molecule has 1 unspecified atom stereocenters. The molecule has 1 N–H and O–H groups in total. The number of para-hydroxylation sites is 1. The Labute approximate surface area is 125 Å². The molecule has 0 spiro atoms. The van der Waals surface area contributed by atoms with E-state index < -0.39 is 6.04 Å². The molecule has 0 aromatic heterocycles. The van der Waals surface area contributed by atoms with Crippen LogP contribution in [0.25, 0.3) is 0 Å². The highest BCUT2D eigenvalue weighted by atomic mass is 16.5. The molecule has 0 radical (unpaired) electrons. The maximum atomic E-state index is 12.9. The number of rotatable bonds is 3. The largest absolute Gasteiger partial charge is 0.383 e. The summed E-state index contributed by atoms with van der Waals surface area (Å²) < 4.78 is 5.10. The van der Waals surface area contributed by atoms with Crippen LogP contribution in [0, 0.1) is 5.41 Å².